The van der Waals surface area contributed by atoms with Crippen LogP contribution in [0.25, 0.3) is 0 Å². The summed E-state index contributed by atoms with van der Waals surface area (Å²) in [6.07, 6.45) is -0.960. The maximum atomic E-state index is 12.1. The highest BCUT2D eigenvalue weighted by atomic mass is 35.5. The van der Waals surface area contributed by atoms with E-state index < -0.39 is 18.0 Å². The number of hydrogen-bond donors (Lipinski definition) is 2. The molecule has 2 rings (SSSR count). The summed E-state index contributed by atoms with van der Waals surface area (Å²) in [6.45, 7) is 3.29. The van der Waals surface area contributed by atoms with Gasteiger partial charge in [-0.3, -0.25) is 4.79 Å². The molecule has 2 aromatic rings. The van der Waals surface area contributed by atoms with E-state index in [4.69, 9.17) is 22.1 Å². The first-order valence-electron chi connectivity index (χ1n) is 7.01. The van der Waals surface area contributed by atoms with Gasteiger partial charge >= 0.3 is 5.97 Å². The highest BCUT2D eigenvalue weighted by Gasteiger charge is 2.20. The summed E-state index contributed by atoms with van der Waals surface area (Å²) in [4.78, 5) is 24.2. The first kappa shape index (κ1) is 16.8. The molecule has 120 valence electrons. The minimum Gasteiger partial charge on any atom is -0.449 e. The Morgan fingerprint density at radius 3 is 2.48 bits per heavy atom. The van der Waals surface area contributed by atoms with E-state index in [0.717, 1.165) is 5.56 Å². The number of aryl methyl sites for hydroxylation is 1. The fourth-order valence-electron chi connectivity index (χ4n) is 1.91. The Morgan fingerprint density at radius 2 is 1.83 bits per heavy atom. The van der Waals surface area contributed by atoms with Gasteiger partial charge in [0, 0.05) is 16.4 Å². The van der Waals surface area contributed by atoms with Gasteiger partial charge in [0.25, 0.3) is 5.91 Å². The van der Waals surface area contributed by atoms with Crippen LogP contribution in [0.4, 0.5) is 11.4 Å². The molecule has 1 amide bonds. The van der Waals surface area contributed by atoms with Crippen LogP contribution in [0.3, 0.4) is 0 Å². The summed E-state index contributed by atoms with van der Waals surface area (Å²) < 4.78 is 5.17. The number of benzene rings is 2. The van der Waals surface area contributed by atoms with E-state index in [2.05, 4.69) is 5.32 Å². The third kappa shape index (κ3) is 4.23. The molecule has 5 nitrogen and oxygen atoms in total. The van der Waals surface area contributed by atoms with Crippen LogP contribution in [0.5, 0.6) is 0 Å². The van der Waals surface area contributed by atoms with Gasteiger partial charge in [0.05, 0.1) is 5.56 Å². The van der Waals surface area contributed by atoms with Gasteiger partial charge in [0.15, 0.2) is 6.10 Å². The third-order valence-electron chi connectivity index (χ3n) is 3.31. The van der Waals surface area contributed by atoms with Crippen molar-refractivity contribution >= 4 is 34.9 Å². The number of esters is 1. The van der Waals surface area contributed by atoms with Gasteiger partial charge in [-0.1, -0.05) is 23.7 Å². The Bertz CT molecular complexity index is 729. The van der Waals surface area contributed by atoms with Crippen LogP contribution in [-0.4, -0.2) is 18.0 Å². The zero-order valence-corrected chi connectivity index (χ0v) is 13.6. The van der Waals surface area contributed by atoms with Gasteiger partial charge in [-0.05, 0) is 49.7 Å². The fourth-order valence-corrected chi connectivity index (χ4v) is 2.04. The molecule has 0 heterocycles. The Hall–Kier alpha value is -2.53. The van der Waals surface area contributed by atoms with Crippen LogP contribution >= 0.6 is 11.6 Å². The lowest BCUT2D eigenvalue weighted by atomic mass is 10.1. The molecule has 1 atom stereocenters. The summed E-state index contributed by atoms with van der Waals surface area (Å²) in [5.41, 5.74) is 7.80. The van der Waals surface area contributed by atoms with Gasteiger partial charge in [-0.25, -0.2) is 4.79 Å². The third-order valence-corrected chi connectivity index (χ3v) is 3.56. The number of carbonyl (C=O) groups is 2. The molecule has 0 saturated heterocycles. The highest BCUT2D eigenvalue weighted by molar-refractivity contribution is 6.30. The Balaban J connectivity index is 2.01. The molecule has 0 bridgehead atoms. The van der Waals surface area contributed by atoms with Crippen molar-refractivity contribution in [1.82, 2.24) is 0 Å². The minimum atomic E-state index is -0.960. The van der Waals surface area contributed by atoms with Crippen molar-refractivity contribution < 1.29 is 14.3 Å². The van der Waals surface area contributed by atoms with E-state index in [1.165, 1.54) is 6.92 Å². The molecule has 0 spiro atoms. The first-order valence-corrected chi connectivity index (χ1v) is 7.39. The Kier molecular flexibility index (Phi) is 5.24. The van der Waals surface area contributed by atoms with Crippen molar-refractivity contribution in [2.24, 2.45) is 0 Å². The molecule has 0 aliphatic rings. The molecule has 0 aliphatic carbocycles. The van der Waals surface area contributed by atoms with Crippen LogP contribution in [-0.2, 0) is 9.53 Å². The zero-order chi connectivity index (χ0) is 17.0. The maximum absolute atomic E-state index is 12.1. The molecular weight excluding hydrogens is 316 g/mol. The predicted molar refractivity (Wildman–Crippen MR) is 90.6 cm³/mol. The summed E-state index contributed by atoms with van der Waals surface area (Å²) in [6, 6.07) is 11.7. The molecule has 0 fully saturated rings. The molecule has 0 aliphatic heterocycles. The first-order chi connectivity index (χ1) is 10.9. The number of rotatable bonds is 4. The molecular formula is C17H17ClN2O3. The predicted octanol–water partition coefficient (Wildman–Crippen LogP) is 3.41. The molecule has 2 aromatic carbocycles. The number of amides is 1. The number of carbonyl (C=O) groups excluding carboxylic acids is 2. The summed E-state index contributed by atoms with van der Waals surface area (Å²) in [5.74, 6) is -1.07. The lowest BCUT2D eigenvalue weighted by Gasteiger charge is -2.15. The second-order valence-corrected chi connectivity index (χ2v) is 5.52. The molecule has 0 aromatic heterocycles. The molecule has 23 heavy (non-hydrogen) atoms. The number of halogens is 1. The smallest absolute Gasteiger partial charge is 0.341 e. The van der Waals surface area contributed by atoms with Gasteiger partial charge in [-0.15, -0.1) is 0 Å². The number of nitrogen functional groups attached to an aromatic ring is 1. The second kappa shape index (κ2) is 7.15. The number of nitrogens with one attached hydrogen (secondary N) is 1. The van der Waals surface area contributed by atoms with Gasteiger partial charge in [0.2, 0.25) is 0 Å². The lowest BCUT2D eigenvalue weighted by molar-refractivity contribution is -0.123. The Morgan fingerprint density at radius 1 is 1.17 bits per heavy atom. The SMILES string of the molecule is Cc1cccc(C(=O)O[C@@H](C)C(=O)Nc2ccc(Cl)cc2)c1N. The normalized spacial score (nSPS) is 11.6. The summed E-state index contributed by atoms with van der Waals surface area (Å²) in [7, 11) is 0. The van der Waals surface area contributed by atoms with Crippen LogP contribution in [0.1, 0.15) is 22.8 Å². The summed E-state index contributed by atoms with van der Waals surface area (Å²) >= 11 is 5.78. The second-order valence-electron chi connectivity index (χ2n) is 5.08. The lowest BCUT2D eigenvalue weighted by Crippen LogP contribution is -2.30. The van der Waals surface area contributed by atoms with Gasteiger partial charge < -0.3 is 15.8 Å². The molecule has 0 saturated carbocycles. The minimum absolute atomic E-state index is 0.246. The van der Waals surface area contributed by atoms with Crippen molar-refractivity contribution in [1.29, 1.82) is 0 Å². The fraction of sp³-hybridized carbons (Fsp3) is 0.176. The van der Waals surface area contributed by atoms with Crippen molar-refractivity contribution in [2.75, 3.05) is 11.1 Å². The average molecular weight is 333 g/mol. The van der Waals surface area contributed by atoms with Crippen LogP contribution in [0.15, 0.2) is 42.5 Å². The van der Waals surface area contributed by atoms with Crippen molar-refractivity contribution in [3.05, 3.63) is 58.6 Å². The number of hydrogen-bond acceptors (Lipinski definition) is 4. The van der Waals surface area contributed by atoms with E-state index in [-0.39, 0.29) is 5.56 Å². The van der Waals surface area contributed by atoms with E-state index >= 15 is 0 Å². The van der Waals surface area contributed by atoms with Crippen molar-refractivity contribution in [3.63, 3.8) is 0 Å². The van der Waals surface area contributed by atoms with Gasteiger partial charge in [0.1, 0.15) is 0 Å². The summed E-state index contributed by atoms with van der Waals surface area (Å²) in [5, 5.41) is 3.21. The van der Waals surface area contributed by atoms with E-state index in [1.54, 1.807) is 49.4 Å². The topological polar surface area (TPSA) is 81.4 Å². The van der Waals surface area contributed by atoms with E-state index in [1.807, 2.05) is 0 Å². The number of para-hydroxylation sites is 1. The monoisotopic (exact) mass is 332 g/mol. The average Bonchev–Trinajstić information content (AvgIpc) is 2.52. The van der Waals surface area contributed by atoms with E-state index in [0.29, 0.717) is 16.4 Å². The Labute approximate surface area is 139 Å². The number of anilines is 2. The van der Waals surface area contributed by atoms with Crippen molar-refractivity contribution in [3.8, 4) is 0 Å². The highest BCUT2D eigenvalue weighted by Crippen LogP contribution is 2.18. The standard InChI is InChI=1S/C17H17ClN2O3/c1-10-4-3-5-14(15(10)19)17(22)23-11(2)16(21)20-13-8-6-12(18)7-9-13/h3-9,11H,19H2,1-2H3,(H,20,21)/t11-/m0/s1. The number of nitrogens with two attached hydrogens (primary N) is 1. The quantitative estimate of drug-likeness (QED) is 0.664. The van der Waals surface area contributed by atoms with Crippen LogP contribution in [0, 0.1) is 6.92 Å². The number of ether oxygens (including phenoxy) is 1. The van der Waals surface area contributed by atoms with E-state index in [9.17, 15) is 9.59 Å². The van der Waals surface area contributed by atoms with Gasteiger partial charge in [-0.2, -0.15) is 0 Å². The van der Waals surface area contributed by atoms with Crippen LogP contribution in [0.2, 0.25) is 5.02 Å². The molecule has 0 radical (unpaired) electrons. The van der Waals surface area contributed by atoms with Crippen molar-refractivity contribution in [2.45, 2.75) is 20.0 Å². The maximum Gasteiger partial charge on any atom is 0.341 e. The largest absolute Gasteiger partial charge is 0.449 e. The molecule has 6 heteroatoms. The molecule has 0 unspecified atom stereocenters. The zero-order valence-electron chi connectivity index (χ0n) is 12.8. The van der Waals surface area contributed by atoms with Crippen LogP contribution < -0.4 is 11.1 Å². The molecule has 3 N–H and O–H groups in total.